The highest BCUT2D eigenvalue weighted by Gasteiger charge is 2.39. The van der Waals surface area contributed by atoms with Crippen LogP contribution in [0.2, 0.25) is 0 Å². The van der Waals surface area contributed by atoms with Gasteiger partial charge in [-0.3, -0.25) is 4.79 Å². The number of nitrogens with two attached hydrogens (primary N) is 1. The molecule has 2 unspecified atom stereocenters. The van der Waals surface area contributed by atoms with Gasteiger partial charge in [-0.1, -0.05) is 0 Å². The minimum Gasteiger partial charge on any atom is -0.481 e. The molecule has 1 rings (SSSR count). The van der Waals surface area contributed by atoms with Crippen molar-refractivity contribution in [1.82, 2.24) is 0 Å². The van der Waals surface area contributed by atoms with E-state index in [1.165, 1.54) is 0 Å². The molecule has 0 saturated carbocycles. The minimum absolute atomic E-state index is 0.0794. The number of carboxylic acids is 1. The van der Waals surface area contributed by atoms with Crippen LogP contribution in [0.4, 0.5) is 0 Å². The van der Waals surface area contributed by atoms with Gasteiger partial charge in [0, 0.05) is 26.2 Å². The first-order valence-corrected chi connectivity index (χ1v) is 5.71. The van der Waals surface area contributed by atoms with E-state index in [2.05, 4.69) is 0 Å². The molecule has 1 aliphatic heterocycles. The summed E-state index contributed by atoms with van der Waals surface area (Å²) >= 11 is 0. The summed E-state index contributed by atoms with van der Waals surface area (Å²) in [7, 11) is 1.61. The summed E-state index contributed by atoms with van der Waals surface area (Å²) in [6.45, 7) is 1.12. The maximum atomic E-state index is 10.5. The average molecular weight is 231 g/mol. The highest BCUT2D eigenvalue weighted by Crippen LogP contribution is 2.29. The van der Waals surface area contributed by atoms with Gasteiger partial charge in [-0.25, -0.2) is 0 Å². The summed E-state index contributed by atoms with van der Waals surface area (Å²) in [5.74, 6) is -0.821. The highest BCUT2D eigenvalue weighted by atomic mass is 16.5. The molecular formula is C11H21NO4. The van der Waals surface area contributed by atoms with Crippen LogP contribution in [0.3, 0.4) is 0 Å². The van der Waals surface area contributed by atoms with Crippen LogP contribution in [0.15, 0.2) is 0 Å². The Hall–Kier alpha value is -0.650. The second-order valence-electron chi connectivity index (χ2n) is 4.34. The van der Waals surface area contributed by atoms with Crippen LogP contribution in [-0.2, 0) is 14.3 Å². The lowest BCUT2D eigenvalue weighted by Crippen LogP contribution is -2.55. The first-order chi connectivity index (χ1) is 7.60. The van der Waals surface area contributed by atoms with E-state index in [4.69, 9.17) is 20.3 Å². The quantitative estimate of drug-likeness (QED) is 0.705. The maximum Gasteiger partial charge on any atom is 0.303 e. The highest BCUT2D eigenvalue weighted by molar-refractivity contribution is 5.66. The van der Waals surface area contributed by atoms with Gasteiger partial charge in [-0.05, 0) is 25.7 Å². The van der Waals surface area contributed by atoms with Crippen LogP contribution < -0.4 is 5.73 Å². The normalized spacial score (nSPS) is 27.6. The zero-order valence-electron chi connectivity index (χ0n) is 9.78. The molecule has 1 fully saturated rings. The Morgan fingerprint density at radius 1 is 1.62 bits per heavy atom. The smallest absolute Gasteiger partial charge is 0.303 e. The third-order valence-electron chi connectivity index (χ3n) is 3.12. The summed E-state index contributed by atoms with van der Waals surface area (Å²) in [5.41, 5.74) is 5.57. The molecule has 5 nitrogen and oxygen atoms in total. The summed E-state index contributed by atoms with van der Waals surface area (Å²) in [6, 6.07) is -0.274. The number of aliphatic carboxylic acids is 1. The zero-order chi connectivity index (χ0) is 12.0. The Morgan fingerprint density at radius 2 is 2.38 bits per heavy atom. The minimum atomic E-state index is -0.821. The van der Waals surface area contributed by atoms with Crippen molar-refractivity contribution in [2.45, 2.75) is 43.7 Å². The van der Waals surface area contributed by atoms with Crippen molar-refractivity contribution < 1.29 is 19.4 Å². The molecule has 1 saturated heterocycles. The molecule has 2 atom stereocenters. The summed E-state index contributed by atoms with van der Waals surface area (Å²) < 4.78 is 10.9. The maximum absolute atomic E-state index is 10.5. The van der Waals surface area contributed by atoms with Crippen LogP contribution in [0.25, 0.3) is 0 Å². The second kappa shape index (κ2) is 6.18. The van der Waals surface area contributed by atoms with E-state index >= 15 is 0 Å². The van der Waals surface area contributed by atoms with Gasteiger partial charge in [0.2, 0.25) is 0 Å². The Morgan fingerprint density at radius 3 is 2.88 bits per heavy atom. The Kier molecular flexibility index (Phi) is 5.18. The molecule has 1 heterocycles. The van der Waals surface area contributed by atoms with E-state index in [9.17, 15) is 4.79 Å². The molecular weight excluding hydrogens is 210 g/mol. The van der Waals surface area contributed by atoms with Gasteiger partial charge in [0.1, 0.15) is 5.60 Å². The number of hydrogen-bond acceptors (Lipinski definition) is 4. The Labute approximate surface area is 95.9 Å². The average Bonchev–Trinajstić information content (AvgIpc) is 2.27. The van der Waals surface area contributed by atoms with Crippen LogP contribution in [0.1, 0.15) is 32.1 Å². The zero-order valence-corrected chi connectivity index (χ0v) is 9.78. The number of carboxylic acid groups (broad SMARTS) is 1. The second-order valence-corrected chi connectivity index (χ2v) is 4.34. The largest absolute Gasteiger partial charge is 0.481 e. The monoisotopic (exact) mass is 231 g/mol. The molecule has 1 aliphatic rings. The van der Waals surface area contributed by atoms with E-state index in [1.807, 2.05) is 0 Å². The van der Waals surface area contributed by atoms with Crippen molar-refractivity contribution in [2.24, 2.45) is 5.73 Å². The van der Waals surface area contributed by atoms with E-state index in [1.54, 1.807) is 7.11 Å². The first kappa shape index (κ1) is 13.4. The van der Waals surface area contributed by atoms with E-state index in [0.717, 1.165) is 19.3 Å². The van der Waals surface area contributed by atoms with Crippen molar-refractivity contribution in [3.8, 4) is 0 Å². The molecule has 0 spiro atoms. The molecule has 0 radical (unpaired) electrons. The van der Waals surface area contributed by atoms with Gasteiger partial charge in [0.25, 0.3) is 0 Å². The number of ether oxygens (including phenoxy) is 2. The van der Waals surface area contributed by atoms with Gasteiger partial charge in [-0.15, -0.1) is 0 Å². The van der Waals surface area contributed by atoms with E-state index in [0.29, 0.717) is 19.6 Å². The predicted octanol–water partition coefficient (Wildman–Crippen LogP) is 0.764. The standard InChI is InChI=1S/C11H21NO4/c1-15-8-11(6-2-3-7-16-11)9(12)4-5-10(13)14/h9H,2-8,12H2,1H3,(H,13,14). The SMILES string of the molecule is COCC1(C(N)CCC(=O)O)CCCCO1. The molecule has 5 heteroatoms. The molecule has 0 bridgehead atoms. The van der Waals surface area contributed by atoms with Crippen molar-refractivity contribution in [3.05, 3.63) is 0 Å². The number of methoxy groups -OCH3 is 1. The van der Waals surface area contributed by atoms with Crippen LogP contribution >= 0.6 is 0 Å². The molecule has 0 aliphatic carbocycles. The van der Waals surface area contributed by atoms with Gasteiger partial charge < -0.3 is 20.3 Å². The fourth-order valence-corrected chi connectivity index (χ4v) is 2.17. The molecule has 94 valence electrons. The number of rotatable bonds is 6. The van der Waals surface area contributed by atoms with Crippen molar-refractivity contribution in [1.29, 1.82) is 0 Å². The summed E-state index contributed by atoms with van der Waals surface area (Å²) in [5, 5.41) is 8.65. The van der Waals surface area contributed by atoms with Gasteiger partial charge in [0.05, 0.1) is 6.61 Å². The van der Waals surface area contributed by atoms with Crippen molar-refractivity contribution >= 4 is 5.97 Å². The van der Waals surface area contributed by atoms with Crippen molar-refractivity contribution in [2.75, 3.05) is 20.3 Å². The third kappa shape index (κ3) is 3.43. The first-order valence-electron chi connectivity index (χ1n) is 5.71. The van der Waals surface area contributed by atoms with Crippen LogP contribution in [0.5, 0.6) is 0 Å². The lowest BCUT2D eigenvalue weighted by Gasteiger charge is -2.41. The lowest BCUT2D eigenvalue weighted by atomic mass is 9.85. The summed E-state index contributed by atoms with van der Waals surface area (Å²) in [4.78, 5) is 10.5. The molecule has 0 aromatic rings. The molecule has 16 heavy (non-hydrogen) atoms. The van der Waals surface area contributed by atoms with Crippen molar-refractivity contribution in [3.63, 3.8) is 0 Å². The van der Waals surface area contributed by atoms with E-state index in [-0.39, 0.29) is 12.5 Å². The van der Waals surface area contributed by atoms with Gasteiger partial charge in [0.15, 0.2) is 0 Å². The molecule has 0 aromatic carbocycles. The Bertz CT molecular complexity index is 221. The van der Waals surface area contributed by atoms with Gasteiger partial charge in [-0.2, -0.15) is 0 Å². The number of carbonyl (C=O) groups is 1. The Balaban J connectivity index is 2.56. The molecule has 3 N–H and O–H groups in total. The fourth-order valence-electron chi connectivity index (χ4n) is 2.17. The summed E-state index contributed by atoms with van der Waals surface area (Å²) in [6.07, 6.45) is 3.46. The lowest BCUT2D eigenvalue weighted by molar-refractivity contribution is -0.141. The third-order valence-corrected chi connectivity index (χ3v) is 3.12. The number of hydrogen-bond donors (Lipinski definition) is 2. The fraction of sp³-hybridized carbons (Fsp3) is 0.909. The predicted molar refractivity (Wildman–Crippen MR) is 59.3 cm³/mol. The topological polar surface area (TPSA) is 81.8 Å². The molecule has 0 aromatic heterocycles. The molecule has 0 amide bonds. The van der Waals surface area contributed by atoms with Gasteiger partial charge >= 0.3 is 5.97 Å². The van der Waals surface area contributed by atoms with E-state index < -0.39 is 11.6 Å². The van der Waals surface area contributed by atoms with Crippen LogP contribution in [-0.4, -0.2) is 43.0 Å². The van der Waals surface area contributed by atoms with Crippen LogP contribution in [0, 0.1) is 0 Å².